The predicted molar refractivity (Wildman–Crippen MR) is 65.5 cm³/mol. The summed E-state index contributed by atoms with van der Waals surface area (Å²) in [5.41, 5.74) is 0. The summed E-state index contributed by atoms with van der Waals surface area (Å²) < 4.78 is 0. The van der Waals surface area contributed by atoms with Gasteiger partial charge in [0.05, 0.1) is 0 Å². The van der Waals surface area contributed by atoms with Crippen LogP contribution in [-0.4, -0.2) is 17.7 Å². The van der Waals surface area contributed by atoms with Crippen LogP contribution in [0.2, 0.25) is 0 Å². The largest absolute Gasteiger partial charge is 0.363 e. The van der Waals surface area contributed by atoms with Crippen molar-refractivity contribution in [1.82, 2.24) is 10.6 Å². The first kappa shape index (κ1) is 11.8. The summed E-state index contributed by atoms with van der Waals surface area (Å²) in [7, 11) is 0. The molecule has 0 radical (unpaired) electrons. The summed E-state index contributed by atoms with van der Waals surface area (Å²) in [5.74, 6) is 0. The molecule has 0 saturated heterocycles. The zero-order chi connectivity index (χ0) is 10.2. The van der Waals surface area contributed by atoms with Crippen LogP contribution in [0.25, 0.3) is 0 Å². The average Bonchev–Trinajstić information content (AvgIpc) is 2.95. The molecule has 0 unspecified atom stereocenters. The van der Waals surface area contributed by atoms with Crippen molar-refractivity contribution in [1.29, 1.82) is 0 Å². The molecule has 1 fully saturated rings. The van der Waals surface area contributed by atoms with Crippen molar-refractivity contribution in [2.45, 2.75) is 57.9 Å². The van der Waals surface area contributed by atoms with Gasteiger partial charge in [0.25, 0.3) is 0 Å². The fourth-order valence-corrected chi connectivity index (χ4v) is 1.66. The Morgan fingerprint density at radius 3 is 2.57 bits per heavy atom. The summed E-state index contributed by atoms with van der Waals surface area (Å²) in [6.07, 6.45) is 9.19. The predicted octanol–water partition coefficient (Wildman–Crippen LogP) is 2.58. The molecule has 0 bridgehead atoms. The highest BCUT2D eigenvalue weighted by Gasteiger charge is 2.21. The van der Waals surface area contributed by atoms with Crippen LogP contribution in [0.4, 0.5) is 0 Å². The van der Waals surface area contributed by atoms with Crippen molar-refractivity contribution in [3.05, 3.63) is 0 Å². The van der Waals surface area contributed by atoms with Crippen LogP contribution < -0.4 is 10.6 Å². The molecule has 0 aromatic rings. The molecule has 0 aliphatic heterocycles. The van der Waals surface area contributed by atoms with Crippen LogP contribution in [0, 0.1) is 0 Å². The van der Waals surface area contributed by atoms with Crippen LogP contribution in [0.15, 0.2) is 0 Å². The number of thiocarbonyl (C=S) groups is 1. The Bertz CT molecular complexity index is 167. The van der Waals surface area contributed by atoms with Crippen LogP contribution in [0.3, 0.4) is 0 Å². The van der Waals surface area contributed by atoms with E-state index in [2.05, 4.69) is 17.6 Å². The molecule has 0 atom stereocenters. The molecule has 3 heteroatoms. The molecule has 0 aromatic heterocycles. The summed E-state index contributed by atoms with van der Waals surface area (Å²) >= 11 is 5.15. The van der Waals surface area contributed by atoms with E-state index < -0.39 is 0 Å². The molecule has 2 N–H and O–H groups in total. The zero-order valence-electron chi connectivity index (χ0n) is 9.14. The van der Waals surface area contributed by atoms with E-state index in [9.17, 15) is 0 Å². The second-order valence-electron chi connectivity index (χ2n) is 4.09. The monoisotopic (exact) mass is 214 g/mol. The molecule has 0 aromatic carbocycles. The Hall–Kier alpha value is -0.310. The highest BCUT2D eigenvalue weighted by atomic mass is 32.1. The van der Waals surface area contributed by atoms with Gasteiger partial charge >= 0.3 is 0 Å². The molecule has 82 valence electrons. The first-order chi connectivity index (χ1) is 6.83. The van der Waals surface area contributed by atoms with Gasteiger partial charge in [-0.15, -0.1) is 0 Å². The van der Waals surface area contributed by atoms with Gasteiger partial charge in [-0.1, -0.05) is 32.6 Å². The van der Waals surface area contributed by atoms with Crippen molar-refractivity contribution in [3.63, 3.8) is 0 Å². The number of unbranched alkanes of at least 4 members (excludes halogenated alkanes) is 4. The normalized spacial score (nSPS) is 15.2. The Kier molecular flexibility index (Phi) is 5.92. The van der Waals surface area contributed by atoms with Crippen molar-refractivity contribution in [2.75, 3.05) is 6.54 Å². The lowest BCUT2D eigenvalue weighted by Gasteiger charge is -2.08. The van der Waals surface area contributed by atoms with Gasteiger partial charge in [-0.3, -0.25) is 0 Å². The van der Waals surface area contributed by atoms with Gasteiger partial charge in [0.15, 0.2) is 5.11 Å². The number of hydrogen-bond donors (Lipinski definition) is 2. The number of nitrogens with one attached hydrogen (secondary N) is 2. The number of rotatable bonds is 7. The first-order valence-electron chi connectivity index (χ1n) is 5.87. The molecule has 0 spiro atoms. The Morgan fingerprint density at radius 2 is 1.93 bits per heavy atom. The Morgan fingerprint density at radius 1 is 1.21 bits per heavy atom. The van der Waals surface area contributed by atoms with E-state index in [0.29, 0.717) is 6.04 Å². The maximum absolute atomic E-state index is 5.15. The van der Waals surface area contributed by atoms with Gasteiger partial charge in [-0.2, -0.15) is 0 Å². The molecule has 0 heterocycles. The molecule has 14 heavy (non-hydrogen) atoms. The van der Waals surface area contributed by atoms with E-state index in [-0.39, 0.29) is 0 Å². The standard InChI is InChI=1S/C11H22N2S/c1-2-3-4-5-6-9-12-11(14)13-10-7-8-10/h10H,2-9H2,1H3,(H2,12,13,14). The lowest BCUT2D eigenvalue weighted by atomic mass is 10.1. The fourth-order valence-electron chi connectivity index (χ4n) is 1.39. The van der Waals surface area contributed by atoms with Crippen LogP contribution >= 0.6 is 12.2 Å². The van der Waals surface area contributed by atoms with E-state index in [1.165, 1.54) is 44.9 Å². The summed E-state index contributed by atoms with van der Waals surface area (Å²) in [6.45, 7) is 3.27. The van der Waals surface area contributed by atoms with Crippen molar-refractivity contribution >= 4 is 17.3 Å². The topological polar surface area (TPSA) is 24.1 Å². The maximum Gasteiger partial charge on any atom is 0.166 e. The quantitative estimate of drug-likeness (QED) is 0.503. The Balaban J connectivity index is 1.80. The third-order valence-electron chi connectivity index (χ3n) is 2.48. The third-order valence-corrected chi connectivity index (χ3v) is 2.74. The third kappa shape index (κ3) is 6.19. The minimum absolute atomic E-state index is 0.676. The average molecular weight is 214 g/mol. The van der Waals surface area contributed by atoms with E-state index in [1.54, 1.807) is 0 Å². The van der Waals surface area contributed by atoms with Crippen LogP contribution in [-0.2, 0) is 0 Å². The minimum atomic E-state index is 0.676. The molecule has 1 aliphatic carbocycles. The second kappa shape index (κ2) is 7.04. The highest BCUT2D eigenvalue weighted by molar-refractivity contribution is 7.80. The molecule has 1 rings (SSSR count). The maximum atomic E-state index is 5.15. The summed E-state index contributed by atoms with van der Waals surface area (Å²) in [4.78, 5) is 0. The molecule has 2 nitrogen and oxygen atoms in total. The molecule has 1 aliphatic rings. The highest BCUT2D eigenvalue weighted by Crippen LogP contribution is 2.18. The molecular weight excluding hydrogens is 192 g/mol. The summed E-state index contributed by atoms with van der Waals surface area (Å²) in [5, 5.41) is 7.38. The molecule has 0 amide bonds. The van der Waals surface area contributed by atoms with Crippen molar-refractivity contribution in [2.24, 2.45) is 0 Å². The van der Waals surface area contributed by atoms with Gasteiger partial charge in [0.1, 0.15) is 0 Å². The Labute approximate surface area is 92.8 Å². The van der Waals surface area contributed by atoms with E-state index in [1.807, 2.05) is 0 Å². The first-order valence-corrected chi connectivity index (χ1v) is 6.28. The fraction of sp³-hybridized carbons (Fsp3) is 0.909. The van der Waals surface area contributed by atoms with Gasteiger partial charge < -0.3 is 10.6 Å². The van der Waals surface area contributed by atoms with Crippen molar-refractivity contribution in [3.8, 4) is 0 Å². The smallest absolute Gasteiger partial charge is 0.166 e. The van der Waals surface area contributed by atoms with Crippen LogP contribution in [0.1, 0.15) is 51.9 Å². The van der Waals surface area contributed by atoms with Gasteiger partial charge in [0, 0.05) is 12.6 Å². The van der Waals surface area contributed by atoms with E-state index >= 15 is 0 Å². The SMILES string of the molecule is CCCCCCCNC(=S)NC1CC1. The van der Waals surface area contributed by atoms with Crippen LogP contribution in [0.5, 0.6) is 0 Å². The van der Waals surface area contributed by atoms with Gasteiger partial charge in [0.2, 0.25) is 0 Å². The molecular formula is C11H22N2S. The lowest BCUT2D eigenvalue weighted by molar-refractivity contribution is 0.622. The van der Waals surface area contributed by atoms with E-state index in [0.717, 1.165) is 11.7 Å². The number of hydrogen-bond acceptors (Lipinski definition) is 1. The minimum Gasteiger partial charge on any atom is -0.363 e. The van der Waals surface area contributed by atoms with Gasteiger partial charge in [-0.05, 0) is 31.5 Å². The zero-order valence-corrected chi connectivity index (χ0v) is 9.96. The second-order valence-corrected chi connectivity index (χ2v) is 4.50. The van der Waals surface area contributed by atoms with E-state index in [4.69, 9.17) is 12.2 Å². The lowest BCUT2D eigenvalue weighted by Crippen LogP contribution is -2.36. The summed E-state index contributed by atoms with van der Waals surface area (Å²) in [6, 6.07) is 0.676. The molecule has 1 saturated carbocycles. The van der Waals surface area contributed by atoms with Gasteiger partial charge in [-0.25, -0.2) is 0 Å². The van der Waals surface area contributed by atoms with Crippen molar-refractivity contribution < 1.29 is 0 Å².